The average Bonchev–Trinajstić information content (AvgIpc) is 2.37. The van der Waals surface area contributed by atoms with Crippen molar-refractivity contribution < 1.29 is 4.43 Å². The van der Waals surface area contributed by atoms with E-state index in [1.165, 1.54) is 63.1 Å². The molecule has 0 rings (SSSR count). The van der Waals surface area contributed by atoms with Gasteiger partial charge in [0.15, 0.2) is 8.32 Å². The van der Waals surface area contributed by atoms with Crippen LogP contribution in [0.3, 0.4) is 0 Å². The van der Waals surface area contributed by atoms with Crippen LogP contribution in [0.25, 0.3) is 0 Å². The monoisotopic (exact) mass is 258 g/mol. The minimum absolute atomic E-state index is 1.00. The Kier molecular flexibility index (Phi) is 11.4. The highest BCUT2D eigenvalue weighted by Gasteiger charge is 2.32. The molecule has 0 spiro atoms. The molecule has 0 bridgehead atoms. The molecule has 0 radical (unpaired) electrons. The van der Waals surface area contributed by atoms with Gasteiger partial charge in [-0.25, -0.2) is 0 Å². The van der Waals surface area contributed by atoms with Crippen molar-refractivity contribution in [1.82, 2.24) is 0 Å². The Labute approximate surface area is 110 Å². The van der Waals surface area contributed by atoms with Gasteiger partial charge in [-0.05, 0) is 24.6 Å². The lowest BCUT2D eigenvalue weighted by Crippen LogP contribution is -2.38. The highest BCUT2D eigenvalue weighted by Crippen LogP contribution is 2.29. The molecule has 0 fully saturated rings. The predicted molar refractivity (Wildman–Crippen MR) is 81.1 cm³/mol. The van der Waals surface area contributed by atoms with Gasteiger partial charge in [-0.15, -0.1) is 0 Å². The number of rotatable bonds is 12. The Balaban J connectivity index is 4.39. The van der Waals surface area contributed by atoms with Gasteiger partial charge in [0, 0.05) is 6.61 Å². The lowest BCUT2D eigenvalue weighted by molar-refractivity contribution is 0.293. The van der Waals surface area contributed by atoms with Gasteiger partial charge in [0.25, 0.3) is 0 Å². The van der Waals surface area contributed by atoms with Crippen molar-refractivity contribution in [2.24, 2.45) is 0 Å². The average molecular weight is 259 g/mol. The molecule has 0 saturated heterocycles. The fourth-order valence-electron chi connectivity index (χ4n) is 2.41. The maximum absolute atomic E-state index is 6.42. The lowest BCUT2D eigenvalue weighted by Gasteiger charge is -2.32. The summed E-state index contributed by atoms with van der Waals surface area (Å²) in [4.78, 5) is 0. The molecule has 0 aromatic heterocycles. The molecule has 0 aliphatic heterocycles. The molecule has 0 aromatic carbocycles. The van der Waals surface area contributed by atoms with E-state index in [1.807, 2.05) is 0 Å². The van der Waals surface area contributed by atoms with Gasteiger partial charge in [-0.2, -0.15) is 0 Å². The van der Waals surface area contributed by atoms with Crippen molar-refractivity contribution in [3.05, 3.63) is 0 Å². The first-order valence-corrected chi connectivity index (χ1v) is 10.4. The van der Waals surface area contributed by atoms with Gasteiger partial charge in [-0.3, -0.25) is 0 Å². The van der Waals surface area contributed by atoms with Crippen LogP contribution in [0.2, 0.25) is 18.1 Å². The van der Waals surface area contributed by atoms with Crippen molar-refractivity contribution >= 4 is 8.32 Å². The quantitative estimate of drug-likeness (QED) is 0.404. The molecule has 0 saturated carbocycles. The molecule has 17 heavy (non-hydrogen) atoms. The summed E-state index contributed by atoms with van der Waals surface area (Å²) in [7, 11) is -1.38. The second-order valence-corrected chi connectivity index (χ2v) is 9.50. The zero-order valence-electron chi connectivity index (χ0n) is 12.7. The fraction of sp³-hybridized carbons (Fsp3) is 1.00. The van der Waals surface area contributed by atoms with Gasteiger partial charge in [-0.1, -0.05) is 66.2 Å². The van der Waals surface area contributed by atoms with Gasteiger partial charge < -0.3 is 4.43 Å². The summed E-state index contributed by atoms with van der Waals surface area (Å²) in [5.74, 6) is 0. The maximum atomic E-state index is 6.42. The Morgan fingerprint density at radius 1 is 0.647 bits per heavy atom. The summed E-state index contributed by atoms with van der Waals surface area (Å²) < 4.78 is 6.42. The van der Waals surface area contributed by atoms with Crippen LogP contribution in [-0.4, -0.2) is 14.9 Å². The smallest absolute Gasteiger partial charge is 0.192 e. The highest BCUT2D eigenvalue weighted by molar-refractivity contribution is 6.73. The molecule has 104 valence electrons. The van der Waals surface area contributed by atoms with Crippen molar-refractivity contribution in [2.75, 3.05) is 6.61 Å². The maximum Gasteiger partial charge on any atom is 0.192 e. The Morgan fingerprint density at radius 3 is 1.35 bits per heavy atom. The van der Waals surface area contributed by atoms with Crippen LogP contribution in [0, 0.1) is 0 Å². The summed E-state index contributed by atoms with van der Waals surface area (Å²) in [6, 6.07) is 4.22. The molecule has 0 unspecified atom stereocenters. The first kappa shape index (κ1) is 17.2. The van der Waals surface area contributed by atoms with Crippen LogP contribution >= 0.6 is 0 Å². The molecule has 2 heteroatoms. The Morgan fingerprint density at radius 2 is 1.06 bits per heavy atom. The number of hydrogen-bond donors (Lipinski definition) is 0. The van der Waals surface area contributed by atoms with Crippen LogP contribution < -0.4 is 0 Å². The van der Waals surface area contributed by atoms with E-state index in [0.29, 0.717) is 0 Å². The van der Waals surface area contributed by atoms with Crippen molar-refractivity contribution in [3.8, 4) is 0 Å². The molecule has 0 heterocycles. The third kappa shape index (κ3) is 7.99. The molecule has 0 aliphatic carbocycles. The van der Waals surface area contributed by atoms with E-state index in [2.05, 4.69) is 27.7 Å². The SMILES string of the molecule is CCCC[Si](CCCC)(CCCC)OCCC. The first-order chi connectivity index (χ1) is 8.24. The van der Waals surface area contributed by atoms with Crippen LogP contribution in [-0.2, 0) is 4.43 Å². The summed E-state index contributed by atoms with van der Waals surface area (Å²) in [6.45, 7) is 10.2. The van der Waals surface area contributed by atoms with E-state index in [4.69, 9.17) is 4.43 Å². The van der Waals surface area contributed by atoms with Crippen LogP contribution in [0.4, 0.5) is 0 Å². The number of unbranched alkanes of at least 4 members (excludes halogenated alkanes) is 3. The molecule has 0 N–H and O–H groups in total. The van der Waals surface area contributed by atoms with Gasteiger partial charge in [0.2, 0.25) is 0 Å². The van der Waals surface area contributed by atoms with E-state index in [-0.39, 0.29) is 0 Å². The normalized spacial score (nSPS) is 12.0. The fourth-order valence-corrected chi connectivity index (χ4v) is 7.22. The molecular formula is C15H34OSi. The second-order valence-electron chi connectivity index (χ2n) is 5.34. The van der Waals surface area contributed by atoms with Crippen LogP contribution in [0.5, 0.6) is 0 Å². The molecule has 0 aliphatic rings. The van der Waals surface area contributed by atoms with Gasteiger partial charge in [0.05, 0.1) is 0 Å². The van der Waals surface area contributed by atoms with E-state index < -0.39 is 8.32 Å². The number of hydrogen-bond acceptors (Lipinski definition) is 1. The highest BCUT2D eigenvalue weighted by atomic mass is 28.4. The molecule has 0 atom stereocenters. The summed E-state index contributed by atoms with van der Waals surface area (Å²) >= 11 is 0. The van der Waals surface area contributed by atoms with Gasteiger partial charge in [0.1, 0.15) is 0 Å². The molecule has 0 aromatic rings. The minimum Gasteiger partial charge on any atom is -0.417 e. The van der Waals surface area contributed by atoms with E-state index in [9.17, 15) is 0 Å². The van der Waals surface area contributed by atoms with Crippen LogP contribution in [0.15, 0.2) is 0 Å². The van der Waals surface area contributed by atoms with E-state index in [1.54, 1.807) is 0 Å². The molecule has 1 nitrogen and oxygen atoms in total. The van der Waals surface area contributed by atoms with Crippen molar-refractivity contribution in [1.29, 1.82) is 0 Å². The van der Waals surface area contributed by atoms with Crippen molar-refractivity contribution in [2.45, 2.75) is 90.8 Å². The summed E-state index contributed by atoms with van der Waals surface area (Å²) in [5.41, 5.74) is 0. The van der Waals surface area contributed by atoms with E-state index in [0.717, 1.165) is 6.61 Å². The topological polar surface area (TPSA) is 9.23 Å². The third-order valence-electron chi connectivity index (χ3n) is 3.57. The lowest BCUT2D eigenvalue weighted by atomic mass is 10.4. The largest absolute Gasteiger partial charge is 0.417 e. The third-order valence-corrected chi connectivity index (χ3v) is 8.18. The zero-order chi connectivity index (χ0) is 13.0. The first-order valence-electron chi connectivity index (χ1n) is 7.88. The van der Waals surface area contributed by atoms with Gasteiger partial charge >= 0.3 is 0 Å². The standard InChI is InChI=1S/C15H34OSi/c1-5-9-13-17(14-10-6-2,15-11-7-3)16-12-8-4/h5-15H2,1-4H3. The minimum atomic E-state index is -1.38. The van der Waals surface area contributed by atoms with Crippen LogP contribution in [0.1, 0.15) is 72.6 Å². The predicted octanol–water partition coefficient (Wildman–Crippen LogP) is 5.76. The summed E-state index contributed by atoms with van der Waals surface area (Å²) in [5, 5.41) is 0. The Bertz CT molecular complexity index is 121. The second kappa shape index (κ2) is 11.3. The Hall–Kier alpha value is 0.177. The zero-order valence-corrected chi connectivity index (χ0v) is 13.7. The van der Waals surface area contributed by atoms with E-state index >= 15 is 0 Å². The molecule has 0 amide bonds. The summed E-state index contributed by atoms with van der Waals surface area (Å²) in [6.07, 6.45) is 9.28. The van der Waals surface area contributed by atoms with Crippen molar-refractivity contribution in [3.63, 3.8) is 0 Å². The molecular weight excluding hydrogens is 224 g/mol.